The van der Waals surface area contributed by atoms with Gasteiger partial charge in [-0.05, 0) is 25.1 Å². The minimum Gasteiger partial charge on any atom is -0.507 e. The molecule has 0 radical (unpaired) electrons. The first kappa shape index (κ1) is 35.0. The lowest BCUT2D eigenvalue weighted by Gasteiger charge is -2.42. The van der Waals surface area contributed by atoms with Crippen LogP contribution in [0.3, 0.4) is 0 Å². The Morgan fingerprint density at radius 3 is 2.48 bits per heavy atom. The number of fused-ring (bicyclic) bond motifs is 4. The lowest BCUT2D eigenvalue weighted by molar-refractivity contribution is -0.247. The average molecular weight is 715 g/mol. The molecular formula is C37H34N2O13. The second-order valence-electron chi connectivity index (χ2n) is 13.1. The summed E-state index contributed by atoms with van der Waals surface area (Å²) in [5.41, 5.74) is 1.80. The third-order valence-electron chi connectivity index (χ3n) is 9.89. The number of para-hydroxylation sites is 1. The van der Waals surface area contributed by atoms with Gasteiger partial charge >= 0.3 is 5.97 Å². The van der Waals surface area contributed by atoms with E-state index in [9.17, 15) is 44.7 Å². The highest BCUT2D eigenvalue weighted by Gasteiger charge is 2.50. The molecule has 0 bridgehead atoms. The Hall–Kier alpha value is -5.45. The summed E-state index contributed by atoms with van der Waals surface area (Å²) in [4.78, 5) is 58.6. The molecule has 0 amide bonds. The van der Waals surface area contributed by atoms with E-state index in [4.69, 9.17) is 24.7 Å². The number of carbonyl (C=O) groups excluding carboxylic acids is 4. The van der Waals surface area contributed by atoms with Gasteiger partial charge in [0.1, 0.15) is 28.6 Å². The van der Waals surface area contributed by atoms with Crippen molar-refractivity contribution in [1.29, 1.82) is 0 Å². The van der Waals surface area contributed by atoms with Crippen LogP contribution in [-0.2, 0) is 25.4 Å². The van der Waals surface area contributed by atoms with Crippen molar-refractivity contribution in [3.05, 3.63) is 87.6 Å². The minimum absolute atomic E-state index is 0.0523. The van der Waals surface area contributed by atoms with E-state index in [1.54, 1.807) is 31.2 Å². The van der Waals surface area contributed by atoms with Crippen molar-refractivity contribution in [3.8, 4) is 23.0 Å². The number of phenols is 2. The molecule has 15 nitrogen and oxygen atoms in total. The van der Waals surface area contributed by atoms with Crippen LogP contribution in [0.1, 0.15) is 79.3 Å². The molecule has 7 N–H and O–H groups in total. The van der Waals surface area contributed by atoms with Crippen LogP contribution in [0.4, 0.5) is 0 Å². The van der Waals surface area contributed by atoms with Crippen LogP contribution in [0.25, 0.3) is 10.9 Å². The number of benzene rings is 3. The van der Waals surface area contributed by atoms with Gasteiger partial charge in [0.25, 0.3) is 0 Å². The number of aliphatic hydroxyl groups excluding tert-OH is 1. The Balaban J connectivity index is 1.26. The topological polar surface area (TPSA) is 245 Å². The number of nitrogens with two attached hydrogens (primary N) is 1. The smallest absolute Gasteiger partial charge is 0.361 e. The number of rotatable bonds is 7. The number of hydrogen-bond acceptors (Lipinski definition) is 15. The highest BCUT2D eigenvalue weighted by atomic mass is 16.7. The number of Topliss-reactive ketones (excluding diaryl/α,β-unsaturated/α-hetero) is 1. The zero-order valence-corrected chi connectivity index (χ0v) is 27.9. The second kappa shape index (κ2) is 13.0. The Morgan fingerprint density at radius 2 is 1.75 bits per heavy atom. The summed E-state index contributed by atoms with van der Waals surface area (Å²) in [6.45, 7) is 0.543. The van der Waals surface area contributed by atoms with Gasteiger partial charge in [0.15, 0.2) is 24.4 Å². The van der Waals surface area contributed by atoms with Crippen molar-refractivity contribution >= 4 is 34.2 Å². The highest BCUT2D eigenvalue weighted by molar-refractivity contribution is 6.31. The maximum absolute atomic E-state index is 13.9. The maximum Gasteiger partial charge on any atom is 0.361 e. The summed E-state index contributed by atoms with van der Waals surface area (Å²) in [6, 6.07) is 11.5. The Morgan fingerprint density at radius 1 is 1.02 bits per heavy atom. The zero-order chi connectivity index (χ0) is 37.2. The molecular weight excluding hydrogens is 680 g/mol. The quantitative estimate of drug-likeness (QED) is 0.104. The molecule has 7 rings (SSSR count). The van der Waals surface area contributed by atoms with E-state index in [-0.39, 0.29) is 34.4 Å². The molecule has 0 saturated carbocycles. The van der Waals surface area contributed by atoms with Gasteiger partial charge < -0.3 is 50.2 Å². The summed E-state index contributed by atoms with van der Waals surface area (Å²) in [5, 5.41) is 56.7. The van der Waals surface area contributed by atoms with Crippen LogP contribution >= 0.6 is 0 Å². The Kier molecular flexibility index (Phi) is 8.71. The van der Waals surface area contributed by atoms with Gasteiger partial charge in [-0.2, -0.15) is 0 Å². The molecule has 52 heavy (non-hydrogen) atoms. The average Bonchev–Trinajstić information content (AvgIpc) is 3.12. The van der Waals surface area contributed by atoms with Crippen LogP contribution in [0.15, 0.2) is 48.5 Å². The number of hydrogen-bond donors (Lipinski definition) is 6. The van der Waals surface area contributed by atoms with Crippen molar-refractivity contribution < 1.29 is 63.7 Å². The molecule has 1 aromatic heterocycles. The van der Waals surface area contributed by atoms with Crippen LogP contribution in [0.5, 0.6) is 23.0 Å². The predicted octanol–water partition coefficient (Wildman–Crippen LogP) is 2.12. The third kappa shape index (κ3) is 5.63. The van der Waals surface area contributed by atoms with Crippen molar-refractivity contribution in [2.24, 2.45) is 5.73 Å². The lowest BCUT2D eigenvalue weighted by Crippen LogP contribution is -2.53. The van der Waals surface area contributed by atoms with Gasteiger partial charge in [-0.15, -0.1) is 0 Å². The molecule has 0 spiro atoms. The number of pyridine rings is 1. The van der Waals surface area contributed by atoms with E-state index in [1.165, 1.54) is 31.4 Å². The number of aromatic nitrogens is 1. The number of methoxy groups -OCH3 is 1. The molecule has 3 aliphatic rings. The Bertz CT molecular complexity index is 2170. The standard InChI is InChI=1S/C37H34N2O13/c1-15-31(42)19(38)11-25(51-15)52-23-13-37(48,24(41)14-50-36(47)30-21(40)10-16-6-3-4-8-20(16)39-30)12-18-27(23)35(46)29-28(33(18)44)32(43)17-7-5-9-22(49-2)26(17)34(29)45/h3-10,15,19,23,25,31,40,42,44,46,48H,11-14,38H2,1-2H3/t15-,19-,23?,25-,31+,37?/m0/s1. The van der Waals surface area contributed by atoms with Gasteiger partial charge in [0, 0.05) is 47.4 Å². The first-order chi connectivity index (χ1) is 24.7. The molecule has 3 aromatic carbocycles. The van der Waals surface area contributed by atoms with Crippen molar-refractivity contribution in [2.75, 3.05) is 13.7 Å². The summed E-state index contributed by atoms with van der Waals surface area (Å²) in [6.07, 6.45) is -5.82. The van der Waals surface area contributed by atoms with Gasteiger partial charge in [-0.25, -0.2) is 9.78 Å². The number of nitrogens with zero attached hydrogens (tertiary/aromatic N) is 1. The highest BCUT2D eigenvalue weighted by Crippen LogP contribution is 2.52. The molecule has 1 aliphatic heterocycles. The summed E-state index contributed by atoms with van der Waals surface area (Å²) >= 11 is 0. The number of aliphatic hydroxyl groups is 2. The fraction of sp³-hybridized carbons (Fsp3) is 0.324. The number of ketones is 3. The van der Waals surface area contributed by atoms with Crippen molar-refractivity contribution in [1.82, 2.24) is 4.98 Å². The summed E-state index contributed by atoms with van der Waals surface area (Å²) in [5.74, 6) is -5.80. The molecule has 15 heteroatoms. The maximum atomic E-state index is 13.9. The van der Waals surface area contributed by atoms with Gasteiger partial charge in [0.2, 0.25) is 11.6 Å². The second-order valence-corrected chi connectivity index (χ2v) is 13.1. The van der Waals surface area contributed by atoms with Gasteiger partial charge in [-0.1, -0.05) is 30.3 Å². The molecule has 4 aromatic rings. The van der Waals surface area contributed by atoms with Crippen molar-refractivity contribution in [2.45, 2.75) is 62.4 Å². The molecule has 6 atom stereocenters. The van der Waals surface area contributed by atoms with Gasteiger partial charge in [0.05, 0.1) is 47.6 Å². The van der Waals surface area contributed by atoms with E-state index in [2.05, 4.69) is 4.98 Å². The van der Waals surface area contributed by atoms with Gasteiger partial charge in [-0.3, -0.25) is 14.4 Å². The van der Waals surface area contributed by atoms with Crippen LogP contribution in [-0.4, -0.2) is 97.7 Å². The SMILES string of the molecule is COc1cccc2c1C(=O)c1c(O)c3c(c(O)c1C2=O)CC(O)(C(=O)COC(=O)c1nc2ccccc2cc1O)CC3O[C@H]1C[C@H](N)[C@H](O)[C@H](C)O1. The molecule has 2 unspecified atom stereocenters. The number of aromatic hydroxyl groups is 3. The van der Waals surface area contributed by atoms with E-state index in [0.29, 0.717) is 10.9 Å². The van der Waals surface area contributed by atoms with E-state index >= 15 is 0 Å². The number of carbonyl (C=O) groups is 4. The third-order valence-corrected chi connectivity index (χ3v) is 9.89. The Labute approximate surface area is 295 Å². The zero-order valence-electron chi connectivity index (χ0n) is 27.9. The van der Waals surface area contributed by atoms with E-state index < -0.39 is 113 Å². The number of phenolic OH excluding ortho intramolecular Hbond substituents is 2. The molecule has 1 saturated heterocycles. The molecule has 1 fully saturated rings. The summed E-state index contributed by atoms with van der Waals surface area (Å²) < 4.78 is 22.5. The van der Waals surface area contributed by atoms with Crippen LogP contribution < -0.4 is 10.5 Å². The fourth-order valence-corrected chi connectivity index (χ4v) is 7.19. The first-order valence-electron chi connectivity index (χ1n) is 16.4. The molecule has 2 heterocycles. The normalized spacial score (nSPS) is 25.2. The monoisotopic (exact) mass is 714 g/mol. The lowest BCUT2D eigenvalue weighted by atomic mass is 9.72. The predicted molar refractivity (Wildman–Crippen MR) is 178 cm³/mol. The largest absolute Gasteiger partial charge is 0.507 e. The van der Waals surface area contributed by atoms with Crippen LogP contribution in [0.2, 0.25) is 0 Å². The van der Waals surface area contributed by atoms with Crippen LogP contribution in [0, 0.1) is 0 Å². The summed E-state index contributed by atoms with van der Waals surface area (Å²) in [7, 11) is 1.31. The fourth-order valence-electron chi connectivity index (χ4n) is 7.19. The number of esters is 1. The van der Waals surface area contributed by atoms with Crippen molar-refractivity contribution in [3.63, 3.8) is 0 Å². The first-order valence-corrected chi connectivity index (χ1v) is 16.4. The minimum atomic E-state index is -2.44. The van der Waals surface area contributed by atoms with E-state index in [1.807, 2.05) is 0 Å². The molecule has 2 aliphatic carbocycles. The molecule has 270 valence electrons. The number of ether oxygens (including phenoxy) is 4. The van der Waals surface area contributed by atoms with E-state index in [0.717, 1.165) is 0 Å².